The quantitative estimate of drug-likeness (QED) is 0.906. The van der Waals surface area contributed by atoms with Crippen LogP contribution in [0.15, 0.2) is 29.1 Å². The van der Waals surface area contributed by atoms with E-state index in [1.54, 1.807) is 16.8 Å². The molecule has 0 fully saturated rings. The number of carbonyl (C=O) groups excluding carboxylic acids is 1. The molecule has 19 heavy (non-hydrogen) atoms. The van der Waals surface area contributed by atoms with Gasteiger partial charge >= 0.3 is 0 Å². The molecule has 0 aliphatic carbocycles. The number of benzene rings is 1. The van der Waals surface area contributed by atoms with Crippen molar-refractivity contribution >= 4 is 16.8 Å². The summed E-state index contributed by atoms with van der Waals surface area (Å²) >= 11 is 0. The van der Waals surface area contributed by atoms with E-state index in [0.717, 1.165) is 11.9 Å². The van der Waals surface area contributed by atoms with E-state index in [-0.39, 0.29) is 11.1 Å². The minimum absolute atomic E-state index is 0.0333. The molecular formula is C14H17N3O2. The Bertz CT molecular complexity index is 661. The highest BCUT2D eigenvalue weighted by Crippen LogP contribution is 2.09. The monoisotopic (exact) mass is 259 g/mol. The highest BCUT2D eigenvalue weighted by molar-refractivity contribution is 5.95. The van der Waals surface area contributed by atoms with Gasteiger partial charge in [0, 0.05) is 18.5 Å². The van der Waals surface area contributed by atoms with E-state index in [2.05, 4.69) is 10.4 Å². The molecule has 1 amide bonds. The summed E-state index contributed by atoms with van der Waals surface area (Å²) in [6.07, 6.45) is 0.821. The van der Waals surface area contributed by atoms with Gasteiger partial charge in [0.1, 0.15) is 0 Å². The van der Waals surface area contributed by atoms with Crippen LogP contribution in [-0.4, -0.2) is 22.2 Å². The summed E-state index contributed by atoms with van der Waals surface area (Å²) in [5.74, 6) is -0.403. The van der Waals surface area contributed by atoms with Gasteiger partial charge in [-0.15, -0.1) is 0 Å². The zero-order valence-corrected chi connectivity index (χ0v) is 11.1. The lowest BCUT2D eigenvalue weighted by Crippen LogP contribution is -2.32. The number of amides is 1. The molecule has 5 nitrogen and oxygen atoms in total. The first kappa shape index (κ1) is 13.3. The Morgan fingerprint density at radius 2 is 2.05 bits per heavy atom. The second kappa shape index (κ2) is 5.65. The van der Waals surface area contributed by atoms with Gasteiger partial charge in [-0.25, -0.2) is 0 Å². The minimum atomic E-state index is -0.403. The average Bonchev–Trinajstić information content (AvgIpc) is 2.45. The van der Waals surface area contributed by atoms with Gasteiger partial charge < -0.3 is 5.32 Å². The molecule has 0 atom stereocenters. The summed E-state index contributed by atoms with van der Waals surface area (Å²) in [6, 6.07) is 7.20. The van der Waals surface area contributed by atoms with Crippen LogP contribution < -0.4 is 10.7 Å². The van der Waals surface area contributed by atoms with Crippen LogP contribution in [0.1, 0.15) is 30.8 Å². The molecule has 0 aliphatic rings. The van der Waals surface area contributed by atoms with E-state index in [9.17, 15) is 9.59 Å². The average molecular weight is 259 g/mol. The van der Waals surface area contributed by atoms with E-state index < -0.39 is 5.91 Å². The van der Waals surface area contributed by atoms with Crippen LogP contribution in [0.4, 0.5) is 0 Å². The zero-order chi connectivity index (χ0) is 13.8. The maximum absolute atomic E-state index is 12.3. The van der Waals surface area contributed by atoms with Crippen molar-refractivity contribution in [1.29, 1.82) is 0 Å². The van der Waals surface area contributed by atoms with Gasteiger partial charge in [0.2, 0.25) is 5.43 Å². The van der Waals surface area contributed by atoms with Crippen LogP contribution in [0.25, 0.3) is 10.9 Å². The molecule has 0 saturated carbocycles. The number of para-hydroxylation sites is 1. The van der Waals surface area contributed by atoms with Crippen molar-refractivity contribution in [3.8, 4) is 0 Å². The fourth-order valence-electron chi connectivity index (χ4n) is 1.95. The third kappa shape index (κ3) is 2.50. The smallest absolute Gasteiger partial charge is 0.275 e. The largest absolute Gasteiger partial charge is 0.351 e. The third-order valence-corrected chi connectivity index (χ3v) is 2.91. The summed E-state index contributed by atoms with van der Waals surface area (Å²) < 4.78 is 1.68. The van der Waals surface area contributed by atoms with Crippen molar-refractivity contribution in [2.75, 3.05) is 6.54 Å². The molecule has 0 spiro atoms. The number of fused-ring (bicyclic) bond motifs is 1. The second-order valence-corrected chi connectivity index (χ2v) is 4.27. The molecule has 2 rings (SSSR count). The van der Waals surface area contributed by atoms with Crippen LogP contribution in [0.5, 0.6) is 0 Å². The van der Waals surface area contributed by atoms with Crippen LogP contribution in [-0.2, 0) is 6.54 Å². The van der Waals surface area contributed by atoms with Gasteiger partial charge in [-0.2, -0.15) is 5.10 Å². The van der Waals surface area contributed by atoms with E-state index in [4.69, 9.17) is 0 Å². The molecule has 1 heterocycles. The first-order valence-corrected chi connectivity index (χ1v) is 6.47. The SMILES string of the molecule is CCCNC(=O)c1nn(CC)c2ccccc2c1=O. The topological polar surface area (TPSA) is 64.0 Å². The number of hydrogen-bond donors (Lipinski definition) is 1. The Hall–Kier alpha value is -2.17. The Morgan fingerprint density at radius 1 is 1.32 bits per heavy atom. The Labute approximate surface area is 111 Å². The van der Waals surface area contributed by atoms with Gasteiger partial charge in [0.15, 0.2) is 5.69 Å². The second-order valence-electron chi connectivity index (χ2n) is 4.27. The normalized spacial score (nSPS) is 10.6. The Balaban J connectivity index is 2.60. The molecule has 0 aliphatic heterocycles. The predicted octanol–water partition coefficient (Wildman–Crippen LogP) is 1.56. The van der Waals surface area contributed by atoms with E-state index in [1.807, 2.05) is 26.0 Å². The Morgan fingerprint density at radius 3 is 2.74 bits per heavy atom. The number of nitrogens with one attached hydrogen (secondary N) is 1. The van der Waals surface area contributed by atoms with Gasteiger partial charge in [0.05, 0.1) is 5.52 Å². The van der Waals surface area contributed by atoms with Crippen molar-refractivity contribution in [2.24, 2.45) is 0 Å². The number of rotatable bonds is 4. The molecule has 100 valence electrons. The molecule has 0 saturated heterocycles. The maximum atomic E-state index is 12.3. The van der Waals surface area contributed by atoms with Crippen LogP contribution in [0.2, 0.25) is 0 Å². The number of aryl methyl sites for hydroxylation is 1. The molecule has 5 heteroatoms. The van der Waals surface area contributed by atoms with Crippen molar-refractivity contribution in [3.63, 3.8) is 0 Å². The third-order valence-electron chi connectivity index (χ3n) is 2.91. The standard InChI is InChI=1S/C14H17N3O2/c1-3-9-15-14(19)12-13(18)10-7-5-6-8-11(10)17(4-2)16-12/h5-8H,3-4,9H2,1-2H3,(H,15,19). The number of carbonyl (C=O) groups is 1. The van der Waals surface area contributed by atoms with Crippen LogP contribution >= 0.6 is 0 Å². The van der Waals surface area contributed by atoms with Gasteiger partial charge in [-0.05, 0) is 25.5 Å². The van der Waals surface area contributed by atoms with Crippen molar-refractivity contribution in [1.82, 2.24) is 15.1 Å². The van der Waals surface area contributed by atoms with Crippen molar-refractivity contribution in [2.45, 2.75) is 26.8 Å². The van der Waals surface area contributed by atoms with E-state index in [1.165, 1.54) is 0 Å². The molecule has 1 aromatic carbocycles. The van der Waals surface area contributed by atoms with Gasteiger partial charge in [-0.1, -0.05) is 19.1 Å². The maximum Gasteiger partial charge on any atom is 0.275 e. The predicted molar refractivity (Wildman–Crippen MR) is 74.3 cm³/mol. The summed E-state index contributed by atoms with van der Waals surface area (Å²) in [5, 5.41) is 7.38. The minimum Gasteiger partial charge on any atom is -0.351 e. The lowest BCUT2D eigenvalue weighted by molar-refractivity contribution is 0.0945. The van der Waals surface area contributed by atoms with Crippen LogP contribution in [0.3, 0.4) is 0 Å². The van der Waals surface area contributed by atoms with E-state index >= 15 is 0 Å². The highest BCUT2D eigenvalue weighted by Gasteiger charge is 2.16. The summed E-state index contributed by atoms with van der Waals surface area (Å²) in [6.45, 7) is 5.03. The molecular weight excluding hydrogens is 242 g/mol. The summed E-state index contributed by atoms with van der Waals surface area (Å²) in [7, 11) is 0. The lowest BCUT2D eigenvalue weighted by atomic mass is 10.2. The lowest BCUT2D eigenvalue weighted by Gasteiger charge is -2.09. The van der Waals surface area contributed by atoms with Gasteiger partial charge in [0.25, 0.3) is 5.91 Å². The highest BCUT2D eigenvalue weighted by atomic mass is 16.2. The zero-order valence-electron chi connectivity index (χ0n) is 11.1. The first-order valence-electron chi connectivity index (χ1n) is 6.47. The number of aromatic nitrogens is 2. The fraction of sp³-hybridized carbons (Fsp3) is 0.357. The molecule has 1 N–H and O–H groups in total. The molecule has 0 bridgehead atoms. The van der Waals surface area contributed by atoms with E-state index in [0.29, 0.717) is 18.5 Å². The first-order chi connectivity index (χ1) is 9.19. The molecule has 0 unspecified atom stereocenters. The van der Waals surface area contributed by atoms with Gasteiger partial charge in [-0.3, -0.25) is 14.3 Å². The molecule has 0 radical (unpaired) electrons. The molecule has 2 aromatic rings. The number of nitrogens with zero attached hydrogens (tertiary/aromatic N) is 2. The van der Waals surface area contributed by atoms with Crippen molar-refractivity contribution < 1.29 is 4.79 Å². The fourth-order valence-corrected chi connectivity index (χ4v) is 1.95. The van der Waals surface area contributed by atoms with Crippen molar-refractivity contribution in [3.05, 3.63) is 40.2 Å². The summed E-state index contributed by atoms with van der Waals surface area (Å²) in [5.41, 5.74) is 0.407. The Kier molecular flexibility index (Phi) is 3.94. The number of hydrogen-bond acceptors (Lipinski definition) is 3. The van der Waals surface area contributed by atoms with Crippen LogP contribution in [0, 0.1) is 0 Å². The summed E-state index contributed by atoms with van der Waals surface area (Å²) in [4.78, 5) is 24.2. The molecule has 1 aromatic heterocycles.